The normalized spacial score (nSPS) is 19.5. The molecule has 1 saturated heterocycles. The first-order valence-corrected chi connectivity index (χ1v) is 13.6. The number of thiazole rings is 1. The number of carbonyl (C=O) groups is 2. The molecule has 1 fully saturated rings. The van der Waals surface area contributed by atoms with Crippen LogP contribution in [0.3, 0.4) is 0 Å². The third-order valence-electron chi connectivity index (χ3n) is 5.56. The van der Waals surface area contributed by atoms with E-state index in [9.17, 15) is 22.4 Å². The van der Waals surface area contributed by atoms with E-state index in [1.807, 2.05) is 13.8 Å². The van der Waals surface area contributed by atoms with Gasteiger partial charge in [-0.1, -0.05) is 11.3 Å². The Hall–Kier alpha value is -2.93. The summed E-state index contributed by atoms with van der Waals surface area (Å²) in [6, 6.07) is 9.61. The highest BCUT2D eigenvalue weighted by Crippen LogP contribution is 2.22. The number of esters is 1. The molecule has 3 aromatic rings. The van der Waals surface area contributed by atoms with Gasteiger partial charge < -0.3 is 14.0 Å². The summed E-state index contributed by atoms with van der Waals surface area (Å²) >= 11 is 1.06. The van der Waals surface area contributed by atoms with Gasteiger partial charge in [0.15, 0.2) is 4.80 Å². The van der Waals surface area contributed by atoms with Crippen LogP contribution in [-0.4, -0.2) is 61.1 Å². The zero-order valence-electron chi connectivity index (χ0n) is 20.0. The summed E-state index contributed by atoms with van der Waals surface area (Å²) < 4.78 is 53.9. The highest BCUT2D eigenvalue weighted by molar-refractivity contribution is 7.89. The molecule has 4 rings (SSSR count). The number of sulfonamides is 1. The number of fused-ring (bicyclic) bond motifs is 1. The summed E-state index contributed by atoms with van der Waals surface area (Å²) in [5, 5.41) is 0. The summed E-state index contributed by atoms with van der Waals surface area (Å²) in [7, 11) is -3.75. The number of hydrogen-bond acceptors (Lipinski definition) is 7. The molecular formula is C24H26FN3O6S2. The number of halogens is 1. The van der Waals surface area contributed by atoms with Crippen LogP contribution in [0.5, 0.6) is 0 Å². The molecule has 0 aliphatic carbocycles. The second-order valence-corrected chi connectivity index (χ2v) is 11.4. The lowest BCUT2D eigenvalue weighted by Gasteiger charge is -2.34. The second-order valence-electron chi connectivity index (χ2n) is 8.41. The van der Waals surface area contributed by atoms with Crippen molar-refractivity contribution in [1.29, 1.82) is 0 Å². The van der Waals surface area contributed by atoms with Crippen LogP contribution in [0.25, 0.3) is 10.2 Å². The van der Waals surface area contributed by atoms with Crippen LogP contribution in [0.1, 0.15) is 31.1 Å². The van der Waals surface area contributed by atoms with Crippen LogP contribution >= 0.6 is 11.3 Å². The van der Waals surface area contributed by atoms with Crippen LogP contribution in [0.2, 0.25) is 0 Å². The largest absolute Gasteiger partial charge is 0.465 e. The standard InChI is InChI=1S/C24H26FN3O6S2/c1-4-33-22(29)14-28-20-10-7-18(25)11-21(20)35-24(28)26-23(30)17-5-8-19(9-6-17)36(31,32)27-12-15(2)34-16(3)13-27/h5-11,15-16H,4,12-14H2,1-3H3. The van der Waals surface area contributed by atoms with Crippen molar-refractivity contribution in [1.82, 2.24) is 8.87 Å². The summed E-state index contributed by atoms with van der Waals surface area (Å²) in [6.45, 7) is 5.81. The molecule has 12 heteroatoms. The molecule has 2 aromatic carbocycles. The highest BCUT2D eigenvalue weighted by atomic mass is 32.2. The van der Waals surface area contributed by atoms with Gasteiger partial charge in [-0.15, -0.1) is 0 Å². The zero-order chi connectivity index (χ0) is 26.0. The average molecular weight is 536 g/mol. The fourth-order valence-corrected chi connectivity index (χ4v) is 6.66. The second kappa shape index (κ2) is 10.6. The monoisotopic (exact) mass is 535 g/mol. The molecule has 0 N–H and O–H groups in total. The van der Waals surface area contributed by atoms with Gasteiger partial charge in [0.25, 0.3) is 5.91 Å². The summed E-state index contributed by atoms with van der Waals surface area (Å²) in [6.07, 6.45) is -0.446. The number of morpholine rings is 1. The van der Waals surface area contributed by atoms with Crippen LogP contribution < -0.4 is 4.80 Å². The summed E-state index contributed by atoms with van der Waals surface area (Å²) in [5.41, 5.74) is 0.709. The lowest BCUT2D eigenvalue weighted by atomic mass is 10.2. The fourth-order valence-electron chi connectivity index (χ4n) is 4.02. The van der Waals surface area contributed by atoms with E-state index in [0.29, 0.717) is 10.2 Å². The van der Waals surface area contributed by atoms with Crippen molar-refractivity contribution in [3.05, 3.63) is 58.6 Å². The number of carbonyl (C=O) groups excluding carboxylic acids is 2. The topological polar surface area (TPSA) is 107 Å². The maximum absolute atomic E-state index is 13.7. The molecule has 1 aliphatic rings. The lowest BCUT2D eigenvalue weighted by Crippen LogP contribution is -2.48. The first-order valence-electron chi connectivity index (χ1n) is 11.4. The molecule has 9 nitrogen and oxygen atoms in total. The van der Waals surface area contributed by atoms with Crippen molar-refractivity contribution in [2.24, 2.45) is 4.99 Å². The molecule has 0 spiro atoms. The molecule has 1 aromatic heterocycles. The smallest absolute Gasteiger partial charge is 0.326 e. The highest BCUT2D eigenvalue weighted by Gasteiger charge is 2.32. The number of ether oxygens (including phenoxy) is 2. The third kappa shape index (κ3) is 5.56. The van der Waals surface area contributed by atoms with Gasteiger partial charge in [-0.05, 0) is 63.2 Å². The third-order valence-corrected chi connectivity index (χ3v) is 8.45. The number of benzene rings is 2. The van der Waals surface area contributed by atoms with E-state index in [1.165, 1.54) is 51.3 Å². The number of aromatic nitrogens is 1. The number of amides is 1. The summed E-state index contributed by atoms with van der Waals surface area (Å²) in [5.74, 6) is -1.60. The molecule has 1 amide bonds. The first kappa shape index (κ1) is 26.1. The predicted molar refractivity (Wildman–Crippen MR) is 132 cm³/mol. The van der Waals surface area contributed by atoms with Crippen molar-refractivity contribution in [3.63, 3.8) is 0 Å². The molecule has 2 heterocycles. The zero-order valence-corrected chi connectivity index (χ0v) is 21.6. The van der Waals surface area contributed by atoms with E-state index < -0.39 is 27.7 Å². The van der Waals surface area contributed by atoms with E-state index in [2.05, 4.69) is 4.99 Å². The van der Waals surface area contributed by atoms with Gasteiger partial charge >= 0.3 is 5.97 Å². The van der Waals surface area contributed by atoms with E-state index >= 15 is 0 Å². The summed E-state index contributed by atoms with van der Waals surface area (Å²) in [4.78, 5) is 29.5. The quantitative estimate of drug-likeness (QED) is 0.449. The number of hydrogen-bond donors (Lipinski definition) is 0. The van der Waals surface area contributed by atoms with Crippen molar-refractivity contribution in [3.8, 4) is 0 Å². The van der Waals surface area contributed by atoms with Gasteiger partial charge in [0, 0.05) is 18.7 Å². The molecule has 192 valence electrons. The van der Waals surface area contributed by atoms with Crippen LogP contribution in [0, 0.1) is 5.82 Å². The minimum Gasteiger partial charge on any atom is -0.465 e. The van der Waals surface area contributed by atoms with Crippen LogP contribution in [-0.2, 0) is 30.8 Å². The molecule has 1 aliphatic heterocycles. The maximum atomic E-state index is 13.7. The van der Waals surface area contributed by atoms with Crippen molar-refractivity contribution >= 4 is 43.5 Å². The van der Waals surface area contributed by atoms with Gasteiger partial charge in [-0.2, -0.15) is 9.30 Å². The van der Waals surface area contributed by atoms with Gasteiger partial charge in [-0.25, -0.2) is 12.8 Å². The van der Waals surface area contributed by atoms with Gasteiger partial charge in [-0.3, -0.25) is 9.59 Å². The van der Waals surface area contributed by atoms with Crippen molar-refractivity contribution in [2.45, 2.75) is 44.4 Å². The minimum absolute atomic E-state index is 0.0649. The van der Waals surface area contributed by atoms with E-state index in [4.69, 9.17) is 9.47 Å². The Kier molecular flexibility index (Phi) is 7.69. The van der Waals surface area contributed by atoms with Gasteiger partial charge in [0.05, 0.1) is 33.9 Å². The Bertz CT molecular complexity index is 1450. The van der Waals surface area contributed by atoms with Gasteiger partial charge in [0.2, 0.25) is 10.0 Å². The Morgan fingerprint density at radius 1 is 1.14 bits per heavy atom. The molecule has 0 saturated carbocycles. The van der Waals surface area contributed by atoms with Crippen LogP contribution in [0.4, 0.5) is 4.39 Å². The Labute approximate surface area is 211 Å². The Morgan fingerprint density at radius 3 is 2.44 bits per heavy atom. The molecule has 36 heavy (non-hydrogen) atoms. The molecule has 0 radical (unpaired) electrons. The molecular weight excluding hydrogens is 509 g/mol. The van der Waals surface area contributed by atoms with E-state index in [0.717, 1.165) is 11.3 Å². The predicted octanol–water partition coefficient (Wildman–Crippen LogP) is 2.94. The fraction of sp³-hybridized carbons (Fsp3) is 0.375. The Morgan fingerprint density at radius 2 is 1.81 bits per heavy atom. The molecule has 2 unspecified atom stereocenters. The maximum Gasteiger partial charge on any atom is 0.326 e. The minimum atomic E-state index is -3.75. The SMILES string of the molecule is CCOC(=O)Cn1c(=NC(=O)c2ccc(S(=O)(=O)N3CC(C)OC(C)C3)cc2)sc2cc(F)ccc21. The molecule has 0 bridgehead atoms. The molecule has 2 atom stereocenters. The number of nitrogens with zero attached hydrogens (tertiary/aromatic N) is 3. The van der Waals surface area contributed by atoms with Crippen molar-refractivity contribution < 1.29 is 31.9 Å². The van der Waals surface area contributed by atoms with Crippen LogP contribution in [0.15, 0.2) is 52.4 Å². The first-order chi connectivity index (χ1) is 17.1. The Balaban J connectivity index is 1.64. The number of rotatable bonds is 6. The van der Waals surface area contributed by atoms with E-state index in [1.54, 1.807) is 6.92 Å². The van der Waals surface area contributed by atoms with Gasteiger partial charge in [0.1, 0.15) is 12.4 Å². The van der Waals surface area contributed by atoms with E-state index in [-0.39, 0.29) is 53.7 Å². The lowest BCUT2D eigenvalue weighted by molar-refractivity contribution is -0.143. The average Bonchev–Trinajstić information content (AvgIpc) is 3.14. The van der Waals surface area contributed by atoms with Crippen molar-refractivity contribution in [2.75, 3.05) is 19.7 Å².